The molecule has 4 nitrogen and oxygen atoms in total. The molecule has 5 heteroatoms. The molecular weight excluding hydrogens is 344 g/mol. The van der Waals surface area contributed by atoms with Crippen LogP contribution in [0, 0.1) is 25.7 Å². The smallest absolute Gasteiger partial charge is 0.165 e. The van der Waals surface area contributed by atoms with E-state index in [1.165, 1.54) is 6.42 Å². The summed E-state index contributed by atoms with van der Waals surface area (Å²) < 4.78 is 2.01. The van der Waals surface area contributed by atoms with E-state index in [-0.39, 0.29) is 0 Å². The first-order valence-corrected chi connectivity index (χ1v) is 9.68. The first-order chi connectivity index (χ1) is 12.4. The minimum atomic E-state index is 0.682. The summed E-state index contributed by atoms with van der Waals surface area (Å²) in [5, 5.41) is 5.58. The molecule has 0 amide bonds. The van der Waals surface area contributed by atoms with Crippen molar-refractivity contribution in [3.63, 3.8) is 0 Å². The van der Waals surface area contributed by atoms with Gasteiger partial charge >= 0.3 is 0 Å². The van der Waals surface area contributed by atoms with Gasteiger partial charge in [-0.05, 0) is 38.2 Å². The molecule has 3 aromatic rings. The van der Waals surface area contributed by atoms with Gasteiger partial charge in [-0.25, -0.2) is 4.98 Å². The molecule has 0 bridgehead atoms. The van der Waals surface area contributed by atoms with Crippen molar-refractivity contribution in [1.82, 2.24) is 14.6 Å². The van der Waals surface area contributed by atoms with Crippen LogP contribution in [-0.2, 0) is 0 Å². The molecule has 4 rings (SSSR count). The van der Waals surface area contributed by atoms with Crippen LogP contribution in [0.15, 0.2) is 30.3 Å². The van der Waals surface area contributed by atoms with E-state index in [0.29, 0.717) is 11.8 Å². The minimum Gasteiger partial charge on any atom is -0.356 e. The molecule has 136 valence electrons. The van der Waals surface area contributed by atoms with E-state index >= 15 is 0 Å². The molecular formula is C21H25ClN4. The van der Waals surface area contributed by atoms with Gasteiger partial charge in [-0.2, -0.15) is 9.61 Å². The summed E-state index contributed by atoms with van der Waals surface area (Å²) in [5.41, 5.74) is 4.86. The number of anilines is 1. The van der Waals surface area contributed by atoms with Crippen molar-refractivity contribution in [2.24, 2.45) is 11.8 Å². The van der Waals surface area contributed by atoms with Gasteiger partial charge < -0.3 is 4.90 Å². The monoisotopic (exact) mass is 368 g/mol. The van der Waals surface area contributed by atoms with Gasteiger partial charge in [0.25, 0.3) is 0 Å². The van der Waals surface area contributed by atoms with Crippen LogP contribution in [0.3, 0.4) is 0 Å². The normalized spacial score (nSPS) is 20.7. The van der Waals surface area contributed by atoms with Gasteiger partial charge in [0.05, 0.1) is 11.3 Å². The Hall–Kier alpha value is -2.07. The molecule has 1 aromatic carbocycles. The highest BCUT2D eigenvalue weighted by atomic mass is 35.5. The Morgan fingerprint density at radius 1 is 1.08 bits per heavy atom. The summed E-state index contributed by atoms with van der Waals surface area (Å²) in [6.07, 6.45) is 1.28. The predicted molar refractivity (Wildman–Crippen MR) is 108 cm³/mol. The average Bonchev–Trinajstić information content (AvgIpc) is 2.89. The zero-order valence-electron chi connectivity index (χ0n) is 15.8. The van der Waals surface area contributed by atoms with E-state index in [1.54, 1.807) is 0 Å². The zero-order chi connectivity index (χ0) is 18.4. The van der Waals surface area contributed by atoms with Crippen molar-refractivity contribution < 1.29 is 0 Å². The SMILES string of the molecule is Cc1cc(N2C[C@H](C)C[C@H](C)C2)n2nc(C)c(-c3ccccc3Cl)c2n1. The molecule has 3 heterocycles. The van der Waals surface area contributed by atoms with E-state index in [0.717, 1.165) is 52.1 Å². The maximum atomic E-state index is 6.48. The Balaban J connectivity index is 1.92. The fourth-order valence-corrected chi connectivity index (χ4v) is 4.51. The third-order valence-corrected chi connectivity index (χ3v) is 5.54. The van der Waals surface area contributed by atoms with Crippen molar-refractivity contribution in [3.8, 4) is 11.1 Å². The van der Waals surface area contributed by atoms with Crippen LogP contribution in [0.1, 0.15) is 31.7 Å². The number of hydrogen-bond donors (Lipinski definition) is 0. The number of piperidine rings is 1. The number of benzene rings is 1. The Bertz CT molecular complexity index is 952. The molecule has 0 aliphatic carbocycles. The van der Waals surface area contributed by atoms with E-state index in [1.807, 2.05) is 35.7 Å². The molecule has 0 saturated carbocycles. The van der Waals surface area contributed by atoms with Crippen LogP contribution in [0.2, 0.25) is 5.02 Å². The Kier molecular flexibility index (Phi) is 4.39. The molecule has 0 radical (unpaired) electrons. The molecule has 0 unspecified atom stereocenters. The van der Waals surface area contributed by atoms with Crippen LogP contribution < -0.4 is 4.90 Å². The van der Waals surface area contributed by atoms with Crippen LogP contribution in [0.4, 0.5) is 5.82 Å². The molecule has 2 aromatic heterocycles. The largest absolute Gasteiger partial charge is 0.356 e. The molecule has 1 saturated heterocycles. The van der Waals surface area contributed by atoms with Gasteiger partial charge in [0.2, 0.25) is 0 Å². The van der Waals surface area contributed by atoms with Crippen LogP contribution in [-0.4, -0.2) is 27.7 Å². The van der Waals surface area contributed by atoms with Crippen molar-refractivity contribution in [2.75, 3.05) is 18.0 Å². The molecule has 1 fully saturated rings. The van der Waals surface area contributed by atoms with Gasteiger partial charge in [-0.15, -0.1) is 0 Å². The molecule has 0 N–H and O–H groups in total. The van der Waals surface area contributed by atoms with Crippen LogP contribution in [0.5, 0.6) is 0 Å². The van der Waals surface area contributed by atoms with Crippen molar-refractivity contribution >= 4 is 23.1 Å². The molecule has 26 heavy (non-hydrogen) atoms. The van der Waals surface area contributed by atoms with E-state index < -0.39 is 0 Å². The quantitative estimate of drug-likeness (QED) is 0.627. The van der Waals surface area contributed by atoms with Gasteiger partial charge in [0.15, 0.2) is 5.65 Å². The number of nitrogens with zero attached hydrogens (tertiary/aromatic N) is 4. The summed E-state index contributed by atoms with van der Waals surface area (Å²) in [6, 6.07) is 10.1. The lowest BCUT2D eigenvalue weighted by atomic mass is 9.92. The van der Waals surface area contributed by atoms with E-state index in [4.69, 9.17) is 21.7 Å². The summed E-state index contributed by atoms with van der Waals surface area (Å²) in [5.74, 6) is 2.50. The topological polar surface area (TPSA) is 33.4 Å². The zero-order valence-corrected chi connectivity index (χ0v) is 16.6. The van der Waals surface area contributed by atoms with E-state index in [2.05, 4.69) is 31.7 Å². The average molecular weight is 369 g/mol. The minimum absolute atomic E-state index is 0.682. The summed E-state index contributed by atoms with van der Waals surface area (Å²) in [6.45, 7) is 10.9. The molecule has 1 aliphatic rings. The fraction of sp³-hybridized carbons (Fsp3) is 0.429. The molecule has 0 spiro atoms. The van der Waals surface area contributed by atoms with Crippen LogP contribution in [0.25, 0.3) is 16.8 Å². The Labute approximate surface area is 159 Å². The fourth-order valence-electron chi connectivity index (χ4n) is 4.28. The number of halogens is 1. The molecule has 1 aliphatic heterocycles. The van der Waals surface area contributed by atoms with Crippen molar-refractivity contribution in [2.45, 2.75) is 34.1 Å². The lowest BCUT2D eigenvalue weighted by Crippen LogP contribution is -2.39. The highest BCUT2D eigenvalue weighted by Gasteiger charge is 2.26. The lowest BCUT2D eigenvalue weighted by molar-refractivity contribution is 0.354. The number of hydrogen-bond acceptors (Lipinski definition) is 3. The summed E-state index contributed by atoms with van der Waals surface area (Å²) in [7, 11) is 0. The number of aromatic nitrogens is 3. The number of aryl methyl sites for hydroxylation is 2. The third-order valence-electron chi connectivity index (χ3n) is 5.21. The standard InChI is InChI=1S/C21H25ClN4/c1-13-9-14(2)12-25(11-13)19-10-15(3)23-21-20(16(4)24-26(19)21)17-7-5-6-8-18(17)22/h5-8,10,13-14H,9,11-12H2,1-4H3/t13-,14+. The first kappa shape index (κ1) is 17.3. The molecule has 2 atom stereocenters. The van der Waals surface area contributed by atoms with Crippen LogP contribution >= 0.6 is 11.6 Å². The van der Waals surface area contributed by atoms with Crippen molar-refractivity contribution in [3.05, 3.63) is 46.7 Å². The second kappa shape index (κ2) is 6.58. The Morgan fingerprint density at radius 3 is 2.46 bits per heavy atom. The van der Waals surface area contributed by atoms with Gasteiger partial charge in [0, 0.05) is 35.4 Å². The predicted octanol–water partition coefficient (Wildman–Crippen LogP) is 5.15. The van der Waals surface area contributed by atoms with Crippen molar-refractivity contribution in [1.29, 1.82) is 0 Å². The highest BCUT2D eigenvalue weighted by molar-refractivity contribution is 6.33. The highest BCUT2D eigenvalue weighted by Crippen LogP contribution is 2.35. The number of rotatable bonds is 2. The number of fused-ring (bicyclic) bond motifs is 1. The second-order valence-electron chi connectivity index (χ2n) is 7.78. The second-order valence-corrected chi connectivity index (χ2v) is 8.19. The lowest BCUT2D eigenvalue weighted by Gasteiger charge is -2.36. The first-order valence-electron chi connectivity index (χ1n) is 9.31. The van der Waals surface area contributed by atoms with Gasteiger partial charge in [0.1, 0.15) is 5.82 Å². The maximum absolute atomic E-state index is 6.48. The third kappa shape index (κ3) is 2.96. The summed E-state index contributed by atoms with van der Waals surface area (Å²) in [4.78, 5) is 7.28. The van der Waals surface area contributed by atoms with Gasteiger partial charge in [-0.1, -0.05) is 43.6 Å². The Morgan fingerprint density at radius 2 is 1.77 bits per heavy atom. The summed E-state index contributed by atoms with van der Waals surface area (Å²) >= 11 is 6.48. The van der Waals surface area contributed by atoms with E-state index in [9.17, 15) is 0 Å². The van der Waals surface area contributed by atoms with Gasteiger partial charge in [-0.3, -0.25) is 0 Å². The maximum Gasteiger partial charge on any atom is 0.165 e.